The molecular formula is C9H14N2O2S2. The zero-order chi connectivity index (χ0) is 11.7. The van der Waals surface area contributed by atoms with Crippen molar-refractivity contribution in [2.45, 2.75) is 6.92 Å². The van der Waals surface area contributed by atoms with Crippen molar-refractivity contribution in [2.24, 2.45) is 0 Å². The van der Waals surface area contributed by atoms with Gasteiger partial charge in [-0.05, 0) is 13.0 Å². The molecule has 2 amide bonds. The van der Waals surface area contributed by atoms with E-state index >= 15 is 0 Å². The number of carbonyl (C=O) groups is 2. The molecule has 0 aromatic carbocycles. The van der Waals surface area contributed by atoms with Gasteiger partial charge in [0, 0.05) is 5.57 Å². The second kappa shape index (κ2) is 8.43. The summed E-state index contributed by atoms with van der Waals surface area (Å²) < 4.78 is 0. The molecule has 0 aliphatic rings. The maximum atomic E-state index is 11.0. The van der Waals surface area contributed by atoms with Gasteiger partial charge in [-0.25, -0.2) is 0 Å². The van der Waals surface area contributed by atoms with Crippen LogP contribution in [0.25, 0.3) is 0 Å². The lowest BCUT2D eigenvalue weighted by Gasteiger charge is -2.04. The molecule has 0 rings (SSSR count). The van der Waals surface area contributed by atoms with Crippen LogP contribution in [-0.2, 0) is 9.59 Å². The number of nitrogens with one attached hydrogen (secondary N) is 2. The Bertz CT molecular complexity index is 267. The van der Waals surface area contributed by atoms with Crippen LogP contribution in [0.1, 0.15) is 6.92 Å². The molecule has 0 bridgehead atoms. The summed E-state index contributed by atoms with van der Waals surface area (Å²) in [6.45, 7) is 8.48. The average Bonchev–Trinajstić information content (AvgIpc) is 2.22. The minimum absolute atomic E-state index is 0.154. The predicted octanol–water partition coefficient (Wildman–Crippen LogP) is 1.28. The molecule has 0 aromatic rings. The van der Waals surface area contributed by atoms with Gasteiger partial charge in [-0.15, -0.1) is 0 Å². The Labute approximate surface area is 97.3 Å². The Morgan fingerprint density at radius 1 is 1.27 bits per heavy atom. The molecule has 6 heteroatoms. The summed E-state index contributed by atoms with van der Waals surface area (Å²) in [6.07, 6.45) is 1.22. The molecule has 0 saturated carbocycles. The Hall–Kier alpha value is -0.880. The number of rotatable bonds is 7. The molecule has 0 fully saturated rings. The van der Waals surface area contributed by atoms with Crippen LogP contribution in [0.2, 0.25) is 0 Å². The first kappa shape index (κ1) is 14.1. The van der Waals surface area contributed by atoms with Gasteiger partial charge in [0.2, 0.25) is 11.8 Å². The molecule has 0 heterocycles. The summed E-state index contributed by atoms with van der Waals surface area (Å²) in [5, 5.41) is 5.25. The van der Waals surface area contributed by atoms with Crippen molar-refractivity contribution in [2.75, 3.05) is 11.8 Å². The van der Waals surface area contributed by atoms with Crippen molar-refractivity contribution in [3.8, 4) is 0 Å². The van der Waals surface area contributed by atoms with Gasteiger partial charge in [0.1, 0.15) is 0 Å². The molecule has 15 heavy (non-hydrogen) atoms. The maximum Gasteiger partial charge on any atom is 0.246 e. The van der Waals surface area contributed by atoms with E-state index in [2.05, 4.69) is 23.8 Å². The highest BCUT2D eigenvalue weighted by Crippen LogP contribution is 2.17. The highest BCUT2D eigenvalue weighted by Gasteiger charge is 1.99. The molecule has 0 saturated heterocycles. The lowest BCUT2D eigenvalue weighted by atomic mass is 10.3. The summed E-state index contributed by atoms with van der Waals surface area (Å²) >= 11 is 0. The average molecular weight is 246 g/mol. The fourth-order valence-corrected chi connectivity index (χ4v) is 1.91. The second-order valence-corrected chi connectivity index (χ2v) is 5.02. The van der Waals surface area contributed by atoms with Crippen LogP contribution in [0.5, 0.6) is 0 Å². The van der Waals surface area contributed by atoms with E-state index in [4.69, 9.17) is 0 Å². The number of hydrogen-bond acceptors (Lipinski definition) is 4. The van der Waals surface area contributed by atoms with Gasteiger partial charge >= 0.3 is 0 Å². The van der Waals surface area contributed by atoms with Gasteiger partial charge in [0.05, 0.1) is 11.8 Å². The van der Waals surface area contributed by atoms with Crippen LogP contribution in [0.15, 0.2) is 24.8 Å². The van der Waals surface area contributed by atoms with Gasteiger partial charge in [0.15, 0.2) is 0 Å². The van der Waals surface area contributed by atoms with Crippen molar-refractivity contribution >= 4 is 33.4 Å². The molecule has 0 aliphatic heterocycles. The van der Waals surface area contributed by atoms with Crippen LogP contribution in [0.4, 0.5) is 0 Å². The van der Waals surface area contributed by atoms with Crippen LogP contribution >= 0.6 is 21.6 Å². The minimum atomic E-state index is -0.200. The normalized spacial score (nSPS) is 9.13. The monoisotopic (exact) mass is 246 g/mol. The van der Waals surface area contributed by atoms with E-state index in [-0.39, 0.29) is 11.8 Å². The molecule has 0 atom stereocenters. The Kier molecular flexibility index (Phi) is 7.94. The first-order valence-electron chi connectivity index (χ1n) is 4.16. The Morgan fingerprint density at radius 3 is 2.27 bits per heavy atom. The first-order valence-corrected chi connectivity index (χ1v) is 6.65. The van der Waals surface area contributed by atoms with Gasteiger partial charge in [0.25, 0.3) is 0 Å². The lowest BCUT2D eigenvalue weighted by Crippen LogP contribution is -2.23. The molecule has 0 aromatic heterocycles. The number of hydrogen-bond donors (Lipinski definition) is 2. The van der Waals surface area contributed by atoms with Gasteiger partial charge in [-0.3, -0.25) is 9.59 Å². The maximum absolute atomic E-state index is 11.0. The van der Waals surface area contributed by atoms with E-state index in [9.17, 15) is 9.59 Å². The fourth-order valence-electron chi connectivity index (χ4n) is 0.502. The van der Waals surface area contributed by atoms with E-state index in [0.717, 1.165) is 0 Å². The number of carbonyl (C=O) groups excluding carboxylic acids is 2. The molecule has 2 N–H and O–H groups in total. The topological polar surface area (TPSA) is 58.2 Å². The quantitative estimate of drug-likeness (QED) is 0.307. The van der Waals surface area contributed by atoms with Crippen molar-refractivity contribution in [1.29, 1.82) is 0 Å². The summed E-state index contributed by atoms with van der Waals surface area (Å²) in [5.41, 5.74) is 0.487. The van der Waals surface area contributed by atoms with Gasteiger partial charge in [-0.2, -0.15) is 0 Å². The molecule has 0 aliphatic carbocycles. The van der Waals surface area contributed by atoms with Crippen molar-refractivity contribution in [1.82, 2.24) is 10.6 Å². The summed E-state index contributed by atoms with van der Waals surface area (Å²) in [6, 6.07) is 0. The molecule has 0 radical (unpaired) electrons. The standard InChI is InChI=1S/C9H14N2O2S2/c1-4-8(12)10-5-14-15-6-11-9(13)7(2)3/h4H,1-2,5-6H2,3H3,(H,10,12)(H,11,13). The van der Waals surface area contributed by atoms with Crippen molar-refractivity contribution in [3.63, 3.8) is 0 Å². The summed E-state index contributed by atoms with van der Waals surface area (Å²) in [5.74, 6) is 0.617. The fraction of sp³-hybridized carbons (Fsp3) is 0.333. The summed E-state index contributed by atoms with van der Waals surface area (Å²) in [4.78, 5) is 21.7. The van der Waals surface area contributed by atoms with E-state index in [0.29, 0.717) is 17.3 Å². The van der Waals surface area contributed by atoms with Crippen molar-refractivity contribution < 1.29 is 9.59 Å². The van der Waals surface area contributed by atoms with E-state index in [1.165, 1.54) is 27.7 Å². The third-order valence-electron chi connectivity index (χ3n) is 1.25. The Morgan fingerprint density at radius 2 is 1.80 bits per heavy atom. The van der Waals surface area contributed by atoms with Crippen LogP contribution in [0, 0.1) is 0 Å². The van der Waals surface area contributed by atoms with E-state index < -0.39 is 0 Å². The molecule has 0 unspecified atom stereocenters. The lowest BCUT2D eigenvalue weighted by molar-refractivity contribution is -0.117. The molecule has 0 spiro atoms. The van der Waals surface area contributed by atoms with E-state index in [1.807, 2.05) is 0 Å². The van der Waals surface area contributed by atoms with Crippen LogP contribution < -0.4 is 10.6 Å². The zero-order valence-corrected chi connectivity index (χ0v) is 10.2. The molecular weight excluding hydrogens is 232 g/mol. The minimum Gasteiger partial charge on any atom is -0.343 e. The smallest absolute Gasteiger partial charge is 0.246 e. The summed E-state index contributed by atoms with van der Waals surface area (Å²) in [7, 11) is 2.89. The first-order chi connectivity index (χ1) is 7.07. The Balaban J connectivity index is 3.32. The highest BCUT2D eigenvalue weighted by molar-refractivity contribution is 8.76. The van der Waals surface area contributed by atoms with Gasteiger partial charge < -0.3 is 10.6 Å². The highest BCUT2D eigenvalue weighted by atomic mass is 33.1. The number of amides is 2. The van der Waals surface area contributed by atoms with Crippen molar-refractivity contribution in [3.05, 3.63) is 24.8 Å². The zero-order valence-electron chi connectivity index (χ0n) is 8.54. The van der Waals surface area contributed by atoms with Crippen LogP contribution in [-0.4, -0.2) is 23.6 Å². The van der Waals surface area contributed by atoms with Crippen LogP contribution in [0.3, 0.4) is 0 Å². The molecule has 84 valence electrons. The third-order valence-corrected chi connectivity index (χ3v) is 3.15. The predicted molar refractivity (Wildman–Crippen MR) is 66.2 cm³/mol. The molecule has 4 nitrogen and oxygen atoms in total. The SMILES string of the molecule is C=CC(=O)NCSSCNC(=O)C(=C)C. The third kappa shape index (κ3) is 8.14. The largest absolute Gasteiger partial charge is 0.343 e. The second-order valence-electron chi connectivity index (χ2n) is 2.56. The van der Waals surface area contributed by atoms with Gasteiger partial charge in [-0.1, -0.05) is 34.7 Å². The van der Waals surface area contributed by atoms with E-state index in [1.54, 1.807) is 6.92 Å².